The van der Waals surface area contributed by atoms with E-state index in [0.717, 1.165) is 6.07 Å². The predicted molar refractivity (Wildman–Crippen MR) is 108 cm³/mol. The topological polar surface area (TPSA) is 103 Å². The summed E-state index contributed by atoms with van der Waals surface area (Å²) < 4.78 is 39.5. The lowest BCUT2D eigenvalue weighted by atomic mass is 10.3. The van der Waals surface area contributed by atoms with Crippen molar-refractivity contribution in [1.82, 2.24) is 14.8 Å². The van der Waals surface area contributed by atoms with Crippen LogP contribution in [0.15, 0.2) is 53.6 Å². The van der Waals surface area contributed by atoms with Gasteiger partial charge in [0.15, 0.2) is 5.82 Å². The van der Waals surface area contributed by atoms with Gasteiger partial charge in [0, 0.05) is 29.3 Å². The van der Waals surface area contributed by atoms with Crippen molar-refractivity contribution in [2.45, 2.75) is 30.2 Å². The van der Waals surface area contributed by atoms with Crippen LogP contribution in [-0.4, -0.2) is 30.8 Å². The number of carbonyl (C=O) groups is 1. The maximum absolute atomic E-state index is 12.8. The maximum Gasteiger partial charge on any atom is 0.417 e. The molecule has 0 spiro atoms. The van der Waals surface area contributed by atoms with Crippen LogP contribution in [0.25, 0.3) is 5.82 Å². The minimum Gasteiger partial charge on any atom is -0.310 e. The zero-order valence-electron chi connectivity index (χ0n) is 16.3. The highest BCUT2D eigenvalue weighted by atomic mass is 32.2. The molecule has 0 fully saturated rings. The van der Waals surface area contributed by atoms with Gasteiger partial charge >= 0.3 is 6.18 Å². The fraction of sp³-hybridized carbons (Fsp3) is 0.211. The Bertz CT molecular complexity index is 1100. The lowest BCUT2D eigenvalue weighted by molar-refractivity contribution is -0.384. The first-order valence-electron chi connectivity index (χ1n) is 8.87. The number of benzene rings is 1. The van der Waals surface area contributed by atoms with Crippen molar-refractivity contribution in [1.29, 1.82) is 0 Å². The van der Waals surface area contributed by atoms with Crippen LogP contribution in [0.5, 0.6) is 0 Å². The van der Waals surface area contributed by atoms with E-state index >= 15 is 0 Å². The molecule has 2 heterocycles. The van der Waals surface area contributed by atoms with E-state index in [1.165, 1.54) is 34.6 Å². The van der Waals surface area contributed by atoms with E-state index in [2.05, 4.69) is 15.4 Å². The molecule has 3 aromatic rings. The molecule has 1 unspecified atom stereocenters. The normalized spacial score (nSPS) is 12.4. The molecule has 0 aliphatic rings. The van der Waals surface area contributed by atoms with Crippen LogP contribution in [0, 0.1) is 17.0 Å². The van der Waals surface area contributed by atoms with Crippen molar-refractivity contribution in [3.63, 3.8) is 0 Å². The Labute approximate surface area is 178 Å². The largest absolute Gasteiger partial charge is 0.417 e. The minimum absolute atomic E-state index is 0.0510. The Hall–Kier alpha value is -3.41. The Morgan fingerprint density at radius 3 is 2.45 bits per heavy atom. The number of hydrogen-bond donors (Lipinski definition) is 1. The van der Waals surface area contributed by atoms with E-state index in [1.807, 2.05) is 0 Å². The minimum atomic E-state index is -4.51. The van der Waals surface area contributed by atoms with Crippen molar-refractivity contribution < 1.29 is 22.9 Å². The summed E-state index contributed by atoms with van der Waals surface area (Å²) in [6, 6.07) is 9.42. The Balaban J connectivity index is 1.73. The van der Waals surface area contributed by atoms with E-state index in [1.54, 1.807) is 32.0 Å². The molecule has 0 aliphatic carbocycles. The van der Waals surface area contributed by atoms with Crippen LogP contribution in [0.4, 0.5) is 24.7 Å². The van der Waals surface area contributed by atoms with E-state index in [9.17, 15) is 28.1 Å². The van der Waals surface area contributed by atoms with Gasteiger partial charge in [0.25, 0.3) is 5.69 Å². The van der Waals surface area contributed by atoms with Gasteiger partial charge in [-0.25, -0.2) is 4.98 Å². The van der Waals surface area contributed by atoms with Crippen molar-refractivity contribution in [3.05, 3.63) is 70.0 Å². The standard InChI is InChI=1S/C19H16F3N5O3S/c1-11-9-17(26(25-11)16-8-3-13(10-23-16)19(20,21)22)24-18(28)12(2)31-15-6-4-14(5-7-15)27(29)30/h3-10,12H,1-2H3,(H,24,28). The zero-order chi connectivity index (χ0) is 22.8. The highest BCUT2D eigenvalue weighted by Crippen LogP contribution is 2.29. The summed E-state index contributed by atoms with van der Waals surface area (Å²) in [5.74, 6) is -0.00519. The Morgan fingerprint density at radius 2 is 1.90 bits per heavy atom. The zero-order valence-corrected chi connectivity index (χ0v) is 17.1. The molecule has 1 aromatic carbocycles. The predicted octanol–water partition coefficient (Wildman–Crippen LogP) is 4.62. The number of carbonyl (C=O) groups excluding carboxylic acids is 1. The van der Waals surface area contributed by atoms with Gasteiger partial charge in [-0.2, -0.15) is 23.0 Å². The first kappa shape index (κ1) is 22.3. The van der Waals surface area contributed by atoms with Crippen LogP contribution in [0.1, 0.15) is 18.2 Å². The summed E-state index contributed by atoms with van der Waals surface area (Å²) in [4.78, 5) is 27.3. The molecule has 12 heteroatoms. The third-order valence-electron chi connectivity index (χ3n) is 4.10. The van der Waals surface area contributed by atoms with Crippen LogP contribution < -0.4 is 5.32 Å². The summed E-state index contributed by atoms with van der Waals surface area (Å²) in [6.45, 7) is 3.33. The number of rotatable bonds is 6. The molecular formula is C19H16F3N5O3S. The molecule has 3 rings (SSSR count). The average molecular weight is 451 g/mol. The van der Waals surface area contributed by atoms with Gasteiger partial charge in [0.2, 0.25) is 5.91 Å². The van der Waals surface area contributed by atoms with Gasteiger partial charge in [-0.3, -0.25) is 14.9 Å². The van der Waals surface area contributed by atoms with Crippen molar-refractivity contribution in [3.8, 4) is 5.82 Å². The van der Waals surface area contributed by atoms with Gasteiger partial charge in [-0.05, 0) is 38.1 Å². The number of thioether (sulfide) groups is 1. The lowest BCUT2D eigenvalue weighted by Crippen LogP contribution is -2.24. The fourth-order valence-electron chi connectivity index (χ4n) is 2.57. The number of nitro benzene ring substituents is 1. The average Bonchev–Trinajstić information content (AvgIpc) is 3.07. The molecule has 0 bridgehead atoms. The van der Waals surface area contributed by atoms with Gasteiger partial charge in [0.05, 0.1) is 21.4 Å². The fourth-order valence-corrected chi connectivity index (χ4v) is 3.44. The molecule has 2 aromatic heterocycles. The second-order valence-electron chi connectivity index (χ2n) is 6.49. The molecule has 162 valence electrons. The van der Waals surface area contributed by atoms with Gasteiger partial charge < -0.3 is 5.32 Å². The third kappa shape index (κ3) is 5.40. The van der Waals surface area contributed by atoms with Crippen molar-refractivity contribution >= 4 is 29.2 Å². The second kappa shape index (κ2) is 8.76. The van der Waals surface area contributed by atoms with Crippen molar-refractivity contribution in [2.75, 3.05) is 5.32 Å². The SMILES string of the molecule is Cc1cc(NC(=O)C(C)Sc2ccc([N+](=O)[O-])cc2)n(-c2ccc(C(F)(F)F)cn2)n1. The number of aryl methyl sites for hydroxylation is 1. The monoisotopic (exact) mass is 451 g/mol. The molecular weight excluding hydrogens is 435 g/mol. The molecule has 0 aliphatic heterocycles. The number of nitrogens with zero attached hydrogens (tertiary/aromatic N) is 4. The quantitative estimate of drug-likeness (QED) is 0.333. The number of halogens is 3. The van der Waals surface area contributed by atoms with E-state index in [0.29, 0.717) is 16.8 Å². The third-order valence-corrected chi connectivity index (χ3v) is 5.22. The van der Waals surface area contributed by atoms with Crippen LogP contribution in [-0.2, 0) is 11.0 Å². The highest BCUT2D eigenvalue weighted by Gasteiger charge is 2.31. The molecule has 1 amide bonds. The molecule has 8 nitrogen and oxygen atoms in total. The van der Waals surface area contributed by atoms with Gasteiger partial charge in [-0.1, -0.05) is 0 Å². The van der Waals surface area contributed by atoms with E-state index < -0.39 is 21.9 Å². The number of hydrogen-bond acceptors (Lipinski definition) is 6. The number of nitro groups is 1. The van der Waals surface area contributed by atoms with E-state index in [4.69, 9.17) is 0 Å². The maximum atomic E-state index is 12.8. The number of pyridine rings is 1. The molecule has 0 saturated heterocycles. The van der Waals surface area contributed by atoms with Crippen LogP contribution in [0.3, 0.4) is 0 Å². The van der Waals surface area contributed by atoms with Crippen molar-refractivity contribution in [2.24, 2.45) is 0 Å². The summed E-state index contributed by atoms with van der Waals surface area (Å²) >= 11 is 1.20. The molecule has 31 heavy (non-hydrogen) atoms. The Morgan fingerprint density at radius 1 is 1.23 bits per heavy atom. The number of aromatic nitrogens is 3. The number of non-ortho nitro benzene ring substituents is 1. The second-order valence-corrected chi connectivity index (χ2v) is 7.90. The smallest absolute Gasteiger partial charge is 0.310 e. The molecule has 1 atom stereocenters. The lowest BCUT2D eigenvalue weighted by Gasteiger charge is -2.13. The summed E-state index contributed by atoms with van der Waals surface area (Å²) in [6.07, 6.45) is -3.81. The first-order chi connectivity index (χ1) is 14.5. The van der Waals surface area contributed by atoms with Gasteiger partial charge in [0.1, 0.15) is 5.82 Å². The number of nitrogens with one attached hydrogen (secondary N) is 1. The number of anilines is 1. The van der Waals surface area contributed by atoms with Crippen LogP contribution >= 0.6 is 11.8 Å². The van der Waals surface area contributed by atoms with Crippen LogP contribution in [0.2, 0.25) is 0 Å². The number of amides is 1. The summed E-state index contributed by atoms with van der Waals surface area (Å²) in [5.41, 5.74) is -0.406. The summed E-state index contributed by atoms with van der Waals surface area (Å²) in [5, 5.41) is 17.0. The molecule has 1 N–H and O–H groups in total. The summed E-state index contributed by atoms with van der Waals surface area (Å²) in [7, 11) is 0. The molecule has 0 saturated carbocycles. The van der Waals surface area contributed by atoms with Gasteiger partial charge in [-0.15, -0.1) is 11.8 Å². The van der Waals surface area contributed by atoms with E-state index in [-0.39, 0.29) is 23.2 Å². The Kier molecular flexibility index (Phi) is 6.29. The molecule has 0 radical (unpaired) electrons. The first-order valence-corrected chi connectivity index (χ1v) is 9.75. The highest BCUT2D eigenvalue weighted by molar-refractivity contribution is 8.00. The number of alkyl halides is 3.